The highest BCUT2D eigenvalue weighted by Gasteiger charge is 2.50. The van der Waals surface area contributed by atoms with Crippen LogP contribution >= 0.6 is 0 Å². The van der Waals surface area contributed by atoms with Gasteiger partial charge >= 0.3 is 0 Å². The van der Waals surface area contributed by atoms with E-state index >= 15 is 0 Å². The number of rotatable bonds is 6. The summed E-state index contributed by atoms with van der Waals surface area (Å²) in [6, 6.07) is 7.64. The molecule has 1 atom stereocenters. The minimum absolute atomic E-state index is 0.0584. The van der Waals surface area contributed by atoms with Crippen LogP contribution in [0.1, 0.15) is 43.2 Å². The van der Waals surface area contributed by atoms with Gasteiger partial charge in [0.05, 0.1) is 16.9 Å². The van der Waals surface area contributed by atoms with Crippen molar-refractivity contribution in [1.29, 1.82) is 0 Å². The second-order valence-electron chi connectivity index (χ2n) is 9.72. The number of carbonyl (C=O) groups excluding carboxylic acids is 2. The molecule has 2 amide bonds. The third-order valence-corrected chi connectivity index (χ3v) is 9.30. The van der Waals surface area contributed by atoms with Crippen LogP contribution in [0.5, 0.6) is 0 Å². The molecule has 0 aromatic heterocycles. The van der Waals surface area contributed by atoms with Crippen molar-refractivity contribution < 1.29 is 23.1 Å². The van der Waals surface area contributed by atoms with E-state index in [1.54, 1.807) is 9.80 Å². The van der Waals surface area contributed by atoms with Crippen LogP contribution in [0, 0.1) is 5.92 Å². The Kier molecular flexibility index (Phi) is 5.69. The maximum Gasteiger partial charge on any atom is 0.254 e. The molecule has 0 radical (unpaired) electrons. The summed E-state index contributed by atoms with van der Waals surface area (Å²) in [5.41, 5.74) is 1.61. The summed E-state index contributed by atoms with van der Waals surface area (Å²) >= 11 is 0. The fourth-order valence-electron chi connectivity index (χ4n) is 4.63. The number of allylic oxidation sites excluding steroid dienone is 3. The molecular weight excluding hydrogens is 440 g/mol. The summed E-state index contributed by atoms with van der Waals surface area (Å²) < 4.78 is 24.6. The third kappa shape index (κ3) is 4.77. The average Bonchev–Trinajstić information content (AvgIpc) is 3.75. The Morgan fingerprint density at radius 1 is 1.06 bits per heavy atom. The second kappa shape index (κ2) is 8.40. The Balaban J connectivity index is 1.17. The van der Waals surface area contributed by atoms with E-state index in [1.165, 1.54) is 0 Å². The molecule has 2 saturated carbocycles. The normalized spacial score (nSPS) is 24.4. The van der Waals surface area contributed by atoms with Gasteiger partial charge in [0.25, 0.3) is 5.91 Å². The lowest BCUT2D eigenvalue weighted by Crippen LogP contribution is -2.54. The number of amides is 2. The van der Waals surface area contributed by atoms with Crippen LogP contribution in [-0.4, -0.2) is 72.2 Å². The monoisotopic (exact) mass is 470 g/mol. The van der Waals surface area contributed by atoms with Gasteiger partial charge in [0.1, 0.15) is 5.60 Å². The van der Waals surface area contributed by atoms with Crippen LogP contribution in [0.25, 0.3) is 5.57 Å². The highest BCUT2D eigenvalue weighted by molar-refractivity contribution is 7.91. The van der Waals surface area contributed by atoms with E-state index in [0.717, 1.165) is 29.5 Å². The molecule has 8 heteroatoms. The Morgan fingerprint density at radius 3 is 2.36 bits per heavy atom. The van der Waals surface area contributed by atoms with Gasteiger partial charge in [-0.15, -0.1) is 0 Å². The van der Waals surface area contributed by atoms with Crippen molar-refractivity contribution in [2.75, 3.05) is 26.2 Å². The minimum Gasteiger partial charge on any atom is -0.380 e. The molecular formula is C25H30N2O5S. The van der Waals surface area contributed by atoms with Gasteiger partial charge in [-0.2, -0.15) is 0 Å². The lowest BCUT2D eigenvalue weighted by Gasteiger charge is -2.37. The molecule has 1 heterocycles. The maximum absolute atomic E-state index is 13.0. The average molecular weight is 471 g/mol. The van der Waals surface area contributed by atoms with Gasteiger partial charge < -0.3 is 14.9 Å². The van der Waals surface area contributed by atoms with Crippen molar-refractivity contribution >= 4 is 27.2 Å². The summed E-state index contributed by atoms with van der Waals surface area (Å²) in [5.74, 6) is -0.299. The van der Waals surface area contributed by atoms with Crippen LogP contribution < -0.4 is 0 Å². The number of carbonyl (C=O) groups is 2. The molecule has 3 aliphatic carbocycles. The molecule has 1 N–H and O–H groups in total. The Labute approximate surface area is 194 Å². The number of aliphatic hydroxyl groups is 1. The van der Waals surface area contributed by atoms with E-state index in [4.69, 9.17) is 0 Å². The number of hydrogen-bond acceptors (Lipinski definition) is 5. The lowest BCUT2D eigenvalue weighted by atomic mass is 9.91. The number of hydrogen-bond donors (Lipinski definition) is 1. The fourth-order valence-corrected chi connectivity index (χ4v) is 6.36. The molecule has 33 heavy (non-hydrogen) atoms. The number of piperazine rings is 1. The number of nitrogens with zero attached hydrogens (tertiary/aromatic N) is 2. The van der Waals surface area contributed by atoms with Crippen LogP contribution in [-0.2, 0) is 25.2 Å². The highest BCUT2D eigenvalue weighted by Crippen LogP contribution is 2.37. The molecule has 1 unspecified atom stereocenters. The first kappa shape index (κ1) is 22.3. The molecule has 5 rings (SSSR count). The quantitative estimate of drug-likeness (QED) is 0.686. The van der Waals surface area contributed by atoms with Crippen molar-refractivity contribution in [1.82, 2.24) is 9.80 Å². The van der Waals surface area contributed by atoms with Gasteiger partial charge in [-0.05, 0) is 48.8 Å². The molecule has 3 fully saturated rings. The number of benzene rings is 1. The first-order valence-corrected chi connectivity index (χ1v) is 13.5. The molecule has 4 aliphatic rings. The van der Waals surface area contributed by atoms with E-state index in [-0.39, 0.29) is 28.7 Å². The molecule has 1 aromatic carbocycles. The zero-order chi connectivity index (χ0) is 23.2. The summed E-state index contributed by atoms with van der Waals surface area (Å²) in [4.78, 5) is 28.7. The van der Waals surface area contributed by atoms with Gasteiger partial charge in [0.2, 0.25) is 5.91 Å². The van der Waals surface area contributed by atoms with Crippen molar-refractivity contribution in [2.24, 2.45) is 5.92 Å². The predicted molar refractivity (Wildman–Crippen MR) is 125 cm³/mol. The van der Waals surface area contributed by atoms with Crippen LogP contribution in [0.4, 0.5) is 0 Å². The number of sulfone groups is 1. The predicted octanol–water partition coefficient (Wildman–Crippen LogP) is 1.92. The molecule has 0 bridgehead atoms. The Morgan fingerprint density at radius 2 is 1.76 bits per heavy atom. The summed E-state index contributed by atoms with van der Waals surface area (Å²) in [6.45, 7) is 1.89. The first-order valence-electron chi connectivity index (χ1n) is 11.7. The molecule has 7 nitrogen and oxygen atoms in total. The van der Waals surface area contributed by atoms with E-state index in [9.17, 15) is 23.1 Å². The van der Waals surface area contributed by atoms with E-state index in [1.807, 2.05) is 42.5 Å². The summed E-state index contributed by atoms with van der Waals surface area (Å²) in [6.07, 6.45) is 9.13. The van der Waals surface area contributed by atoms with Crippen molar-refractivity contribution in [3.05, 3.63) is 53.6 Å². The molecule has 0 spiro atoms. The molecule has 1 aliphatic heterocycles. The zero-order valence-electron chi connectivity index (χ0n) is 18.7. The molecule has 176 valence electrons. The highest BCUT2D eigenvalue weighted by atomic mass is 32.2. The summed E-state index contributed by atoms with van der Waals surface area (Å²) in [5, 5.41) is 9.86. The van der Waals surface area contributed by atoms with Gasteiger partial charge in [-0.3, -0.25) is 9.59 Å². The minimum atomic E-state index is -3.06. The maximum atomic E-state index is 13.0. The van der Waals surface area contributed by atoms with Crippen molar-refractivity contribution in [3.8, 4) is 0 Å². The largest absolute Gasteiger partial charge is 0.380 e. The van der Waals surface area contributed by atoms with Gasteiger partial charge in [0.15, 0.2) is 9.84 Å². The van der Waals surface area contributed by atoms with Gasteiger partial charge in [-0.1, -0.05) is 42.5 Å². The van der Waals surface area contributed by atoms with Gasteiger partial charge in [-0.25, -0.2) is 8.42 Å². The molecule has 1 saturated heterocycles. The van der Waals surface area contributed by atoms with Crippen LogP contribution in [0.2, 0.25) is 0 Å². The fraction of sp³-hybridized carbons (Fsp3) is 0.520. The SMILES string of the molecule is O=C(C1C=CC(c2cccc(CS(=O)(=O)C3CC3)c2)=CC1)N1CCN(C(=O)C2(O)CC2)CC1. The summed E-state index contributed by atoms with van der Waals surface area (Å²) in [7, 11) is -3.06. The zero-order valence-corrected chi connectivity index (χ0v) is 19.5. The van der Waals surface area contributed by atoms with Crippen molar-refractivity contribution in [2.45, 2.75) is 48.7 Å². The Bertz CT molecular complexity index is 1120. The third-order valence-electron chi connectivity index (χ3n) is 7.08. The van der Waals surface area contributed by atoms with Crippen molar-refractivity contribution in [3.63, 3.8) is 0 Å². The van der Waals surface area contributed by atoms with Gasteiger partial charge in [0, 0.05) is 26.2 Å². The standard InChI is InChI=1S/C25H30N2O5S/c28-23(26-12-14-27(15-13-26)24(29)25(30)10-11-25)20-6-4-19(5-7-20)21-3-1-2-18(16-21)17-33(31,32)22-8-9-22/h1-6,16,20,22,30H,7-15,17H2. The van der Waals surface area contributed by atoms with E-state index in [0.29, 0.717) is 45.4 Å². The first-order chi connectivity index (χ1) is 15.7. The Hall–Kier alpha value is -2.45. The van der Waals surface area contributed by atoms with Crippen LogP contribution in [0.15, 0.2) is 42.5 Å². The van der Waals surface area contributed by atoms with Crippen LogP contribution in [0.3, 0.4) is 0 Å². The topological polar surface area (TPSA) is 95.0 Å². The lowest BCUT2D eigenvalue weighted by molar-refractivity contribution is -0.147. The second-order valence-corrected chi connectivity index (χ2v) is 12.0. The van der Waals surface area contributed by atoms with E-state index < -0.39 is 15.4 Å². The smallest absolute Gasteiger partial charge is 0.254 e. The van der Waals surface area contributed by atoms with E-state index in [2.05, 4.69) is 0 Å². The molecule has 1 aromatic rings.